The minimum absolute atomic E-state index is 0.0230. The number of halogens is 1. The molecule has 3 rings (SSSR count). The zero-order chi connectivity index (χ0) is 20.1. The molecule has 28 heavy (non-hydrogen) atoms. The van der Waals surface area contributed by atoms with Crippen LogP contribution in [0.2, 0.25) is 0 Å². The maximum atomic E-state index is 13.0. The molecule has 4 nitrogen and oxygen atoms in total. The molecule has 1 aliphatic heterocycles. The van der Waals surface area contributed by atoms with Gasteiger partial charge in [0.25, 0.3) is 0 Å². The van der Waals surface area contributed by atoms with Crippen molar-refractivity contribution in [1.82, 2.24) is 9.80 Å². The monoisotopic (exact) mass is 440 g/mol. The molecule has 0 radical (unpaired) electrons. The highest BCUT2D eigenvalue weighted by Crippen LogP contribution is 2.26. The van der Waals surface area contributed by atoms with Gasteiger partial charge in [-0.25, -0.2) is 0 Å². The smallest absolute Gasteiger partial charge is 0.246 e. The third-order valence-electron chi connectivity index (χ3n) is 5.22. The molecular formula is C23H25BrN2O2. The summed E-state index contributed by atoms with van der Waals surface area (Å²) in [5.41, 5.74) is 1.40. The summed E-state index contributed by atoms with van der Waals surface area (Å²) < 4.78 is 0.956. The molecule has 0 atom stereocenters. The summed E-state index contributed by atoms with van der Waals surface area (Å²) in [7, 11) is 0. The predicted molar refractivity (Wildman–Crippen MR) is 116 cm³/mol. The van der Waals surface area contributed by atoms with Gasteiger partial charge in [-0.05, 0) is 37.1 Å². The average Bonchev–Trinajstić information content (AvgIpc) is 2.73. The Balaban J connectivity index is 1.59. The van der Waals surface area contributed by atoms with Crippen molar-refractivity contribution in [2.75, 3.05) is 26.2 Å². The van der Waals surface area contributed by atoms with E-state index in [-0.39, 0.29) is 11.8 Å². The fraction of sp³-hybridized carbons (Fsp3) is 0.304. The molecule has 1 fully saturated rings. The molecule has 0 saturated carbocycles. The SMILES string of the molecule is CC(C)(C(=O)N1CCN(C(=O)C=Cc2ccccc2Br)CC1)c1ccccc1. The van der Waals surface area contributed by atoms with Crippen LogP contribution in [0.3, 0.4) is 0 Å². The van der Waals surface area contributed by atoms with Crippen molar-refractivity contribution in [1.29, 1.82) is 0 Å². The summed E-state index contributed by atoms with van der Waals surface area (Å²) in [6, 6.07) is 17.6. The van der Waals surface area contributed by atoms with Crippen LogP contribution in [-0.2, 0) is 15.0 Å². The van der Waals surface area contributed by atoms with E-state index in [1.807, 2.05) is 79.4 Å². The summed E-state index contributed by atoms with van der Waals surface area (Å²) in [5, 5.41) is 0. The van der Waals surface area contributed by atoms with Crippen LogP contribution in [0.15, 0.2) is 65.1 Å². The Morgan fingerprint density at radius 3 is 2.11 bits per heavy atom. The van der Waals surface area contributed by atoms with Gasteiger partial charge in [0.15, 0.2) is 0 Å². The Morgan fingerprint density at radius 1 is 0.893 bits per heavy atom. The van der Waals surface area contributed by atoms with Crippen molar-refractivity contribution in [3.63, 3.8) is 0 Å². The number of carbonyl (C=O) groups is 2. The fourth-order valence-electron chi connectivity index (χ4n) is 3.38. The normalized spacial score (nSPS) is 15.1. The highest BCUT2D eigenvalue weighted by Gasteiger charge is 2.35. The molecule has 146 valence electrons. The molecule has 2 amide bonds. The molecular weight excluding hydrogens is 416 g/mol. The Bertz CT molecular complexity index is 869. The molecule has 2 aromatic carbocycles. The van der Waals surface area contributed by atoms with Crippen LogP contribution in [0.1, 0.15) is 25.0 Å². The van der Waals surface area contributed by atoms with E-state index < -0.39 is 5.41 Å². The quantitative estimate of drug-likeness (QED) is 0.671. The lowest BCUT2D eigenvalue weighted by molar-refractivity contribution is -0.141. The maximum absolute atomic E-state index is 13.0. The number of piperazine rings is 1. The number of hydrogen-bond donors (Lipinski definition) is 0. The first kappa shape index (κ1) is 20.3. The second-order valence-corrected chi connectivity index (χ2v) is 8.32. The minimum Gasteiger partial charge on any atom is -0.338 e. The van der Waals surface area contributed by atoms with Crippen molar-refractivity contribution < 1.29 is 9.59 Å². The standard InChI is InChI=1S/C23H25BrN2O2/c1-23(2,19-9-4-3-5-10-19)22(28)26-16-14-25(15-17-26)21(27)13-12-18-8-6-7-11-20(18)24/h3-13H,14-17H2,1-2H3. The predicted octanol–water partition coefficient (Wildman–Crippen LogP) is 4.11. The van der Waals surface area contributed by atoms with Crippen LogP contribution in [0, 0.1) is 0 Å². The van der Waals surface area contributed by atoms with E-state index in [1.165, 1.54) is 0 Å². The van der Waals surface area contributed by atoms with Crippen LogP contribution in [0.25, 0.3) is 6.08 Å². The molecule has 1 saturated heterocycles. The number of amides is 2. The van der Waals surface area contributed by atoms with E-state index in [4.69, 9.17) is 0 Å². The van der Waals surface area contributed by atoms with Crippen molar-refractivity contribution >= 4 is 33.8 Å². The highest BCUT2D eigenvalue weighted by molar-refractivity contribution is 9.10. The molecule has 1 aliphatic rings. The zero-order valence-electron chi connectivity index (χ0n) is 16.3. The number of benzene rings is 2. The number of hydrogen-bond acceptors (Lipinski definition) is 2. The van der Waals surface area contributed by atoms with Gasteiger partial charge in [0.1, 0.15) is 0 Å². The van der Waals surface area contributed by atoms with E-state index >= 15 is 0 Å². The molecule has 1 heterocycles. The molecule has 0 unspecified atom stereocenters. The lowest BCUT2D eigenvalue weighted by Gasteiger charge is -2.38. The highest BCUT2D eigenvalue weighted by atomic mass is 79.9. The van der Waals surface area contributed by atoms with Gasteiger partial charge in [0.2, 0.25) is 11.8 Å². The van der Waals surface area contributed by atoms with Crippen molar-refractivity contribution in [3.05, 3.63) is 76.3 Å². The van der Waals surface area contributed by atoms with E-state index in [1.54, 1.807) is 11.0 Å². The van der Waals surface area contributed by atoms with Gasteiger partial charge in [-0.1, -0.05) is 64.5 Å². The molecule has 0 spiro atoms. The summed E-state index contributed by atoms with van der Waals surface area (Å²) in [5.74, 6) is 0.0831. The van der Waals surface area contributed by atoms with Gasteiger partial charge >= 0.3 is 0 Å². The van der Waals surface area contributed by atoms with Crippen molar-refractivity contribution in [2.24, 2.45) is 0 Å². The van der Waals surface area contributed by atoms with E-state index in [0.717, 1.165) is 15.6 Å². The van der Waals surface area contributed by atoms with Gasteiger partial charge in [-0.2, -0.15) is 0 Å². The molecule has 2 aromatic rings. The van der Waals surface area contributed by atoms with Gasteiger partial charge < -0.3 is 9.80 Å². The minimum atomic E-state index is -0.576. The topological polar surface area (TPSA) is 40.6 Å². The van der Waals surface area contributed by atoms with Gasteiger partial charge in [0.05, 0.1) is 5.41 Å². The molecule has 0 aliphatic carbocycles. The van der Waals surface area contributed by atoms with Crippen LogP contribution in [-0.4, -0.2) is 47.8 Å². The van der Waals surface area contributed by atoms with E-state index in [0.29, 0.717) is 26.2 Å². The van der Waals surface area contributed by atoms with Crippen LogP contribution < -0.4 is 0 Å². The Morgan fingerprint density at radius 2 is 1.46 bits per heavy atom. The molecule has 5 heteroatoms. The van der Waals surface area contributed by atoms with Gasteiger partial charge in [-0.15, -0.1) is 0 Å². The van der Waals surface area contributed by atoms with Crippen LogP contribution >= 0.6 is 15.9 Å². The third-order valence-corrected chi connectivity index (χ3v) is 5.94. The number of nitrogens with zero attached hydrogens (tertiary/aromatic N) is 2. The summed E-state index contributed by atoms with van der Waals surface area (Å²) >= 11 is 3.48. The van der Waals surface area contributed by atoms with Crippen molar-refractivity contribution in [3.8, 4) is 0 Å². The first-order valence-electron chi connectivity index (χ1n) is 9.46. The third kappa shape index (κ3) is 4.53. The largest absolute Gasteiger partial charge is 0.338 e. The van der Waals surface area contributed by atoms with Gasteiger partial charge in [0, 0.05) is 36.7 Å². The summed E-state index contributed by atoms with van der Waals surface area (Å²) in [6.45, 7) is 6.14. The maximum Gasteiger partial charge on any atom is 0.246 e. The summed E-state index contributed by atoms with van der Waals surface area (Å²) in [4.78, 5) is 29.2. The second kappa shape index (κ2) is 8.74. The first-order valence-corrected chi connectivity index (χ1v) is 10.3. The fourth-order valence-corrected chi connectivity index (χ4v) is 3.80. The van der Waals surface area contributed by atoms with Crippen LogP contribution in [0.4, 0.5) is 0 Å². The Hall–Kier alpha value is -2.40. The average molecular weight is 441 g/mol. The second-order valence-electron chi connectivity index (χ2n) is 7.46. The number of carbonyl (C=O) groups excluding carboxylic acids is 2. The first-order chi connectivity index (χ1) is 13.4. The van der Waals surface area contributed by atoms with Gasteiger partial charge in [-0.3, -0.25) is 9.59 Å². The molecule has 0 N–H and O–H groups in total. The van der Waals surface area contributed by atoms with E-state index in [9.17, 15) is 9.59 Å². The Labute approximate surface area is 175 Å². The van der Waals surface area contributed by atoms with E-state index in [2.05, 4.69) is 15.9 Å². The lowest BCUT2D eigenvalue weighted by atomic mass is 9.83. The lowest BCUT2D eigenvalue weighted by Crippen LogP contribution is -2.54. The zero-order valence-corrected chi connectivity index (χ0v) is 17.9. The summed E-state index contributed by atoms with van der Waals surface area (Å²) in [6.07, 6.45) is 3.42. The Kier molecular flexibility index (Phi) is 6.35. The molecule has 0 bridgehead atoms. The van der Waals surface area contributed by atoms with Crippen molar-refractivity contribution in [2.45, 2.75) is 19.3 Å². The number of rotatable bonds is 4. The molecule has 0 aromatic heterocycles. The van der Waals surface area contributed by atoms with Crippen LogP contribution in [0.5, 0.6) is 0 Å².